The number of nitrogens with zero attached hydrogens (tertiary/aromatic N) is 2. The summed E-state index contributed by atoms with van der Waals surface area (Å²) >= 11 is 0. The van der Waals surface area contributed by atoms with Crippen LogP contribution in [-0.2, 0) is 9.59 Å². The summed E-state index contributed by atoms with van der Waals surface area (Å²) in [5, 5.41) is 16.7. The van der Waals surface area contributed by atoms with Gasteiger partial charge in [-0.2, -0.15) is 5.26 Å². The van der Waals surface area contributed by atoms with E-state index in [0.29, 0.717) is 37.4 Å². The zero-order valence-corrected chi connectivity index (χ0v) is 22.1. The third-order valence-corrected chi connectivity index (χ3v) is 8.00. The average Bonchev–Trinajstić information content (AvgIpc) is 3.53. The Morgan fingerprint density at radius 1 is 1.38 bits per heavy atom. The van der Waals surface area contributed by atoms with Crippen molar-refractivity contribution in [3.63, 3.8) is 0 Å². The quantitative estimate of drug-likeness (QED) is 0.495. The maximum Gasteiger partial charge on any atom is 0.270 e. The van der Waals surface area contributed by atoms with Crippen LogP contribution in [0.15, 0.2) is 24.3 Å². The van der Waals surface area contributed by atoms with Crippen molar-refractivity contribution in [2.45, 2.75) is 58.5 Å². The fourth-order valence-electron chi connectivity index (χ4n) is 5.63. The SMILES string of the molecule is COc1cccc2[nH]c(C(=O)N3CC(C(C)(C)C)CC3C(=O)NC(C#N)CC3(C=O)CCCNC3)cc12. The van der Waals surface area contributed by atoms with Crippen LogP contribution in [0.1, 0.15) is 56.9 Å². The van der Waals surface area contributed by atoms with Crippen molar-refractivity contribution < 1.29 is 19.1 Å². The van der Waals surface area contributed by atoms with Crippen molar-refractivity contribution >= 4 is 29.0 Å². The minimum atomic E-state index is -0.819. The largest absolute Gasteiger partial charge is 0.496 e. The van der Waals surface area contributed by atoms with Crippen molar-refractivity contribution in [1.29, 1.82) is 5.26 Å². The first-order valence-corrected chi connectivity index (χ1v) is 12.9. The standard InChI is InChI=1S/C28H37N5O4/c1-27(2,3)18-11-23(25(35)31-19(14-29)13-28(17-34)9-6-10-30-16-28)33(15-18)26(36)22-12-20-21(32-22)7-5-8-24(20)37-4/h5,7-8,12,17-19,23,30,32H,6,9-11,13,15-16H2,1-4H3,(H,31,35). The van der Waals surface area contributed by atoms with Gasteiger partial charge in [0.2, 0.25) is 5.91 Å². The predicted molar refractivity (Wildman–Crippen MR) is 140 cm³/mol. The molecule has 3 heterocycles. The fourth-order valence-corrected chi connectivity index (χ4v) is 5.63. The Morgan fingerprint density at radius 2 is 2.16 bits per heavy atom. The Hall–Kier alpha value is -3.38. The van der Waals surface area contributed by atoms with Gasteiger partial charge in [0.25, 0.3) is 5.91 Å². The van der Waals surface area contributed by atoms with Crippen molar-refractivity contribution in [3.05, 3.63) is 30.0 Å². The topological polar surface area (TPSA) is 127 Å². The molecule has 2 amide bonds. The number of methoxy groups -OCH3 is 1. The molecule has 4 unspecified atom stereocenters. The second kappa shape index (κ2) is 10.5. The van der Waals surface area contributed by atoms with E-state index in [1.165, 1.54) is 0 Å². The smallest absolute Gasteiger partial charge is 0.270 e. The molecule has 0 bridgehead atoms. The summed E-state index contributed by atoms with van der Waals surface area (Å²) in [6.45, 7) is 8.09. The van der Waals surface area contributed by atoms with E-state index in [1.54, 1.807) is 18.1 Å². The minimum absolute atomic E-state index is 0.107. The van der Waals surface area contributed by atoms with Gasteiger partial charge in [-0.05, 0) is 61.8 Å². The lowest BCUT2D eigenvalue weighted by Gasteiger charge is -2.34. The van der Waals surface area contributed by atoms with Crippen LogP contribution in [0.25, 0.3) is 10.9 Å². The fraction of sp³-hybridized carbons (Fsp3) is 0.571. The summed E-state index contributed by atoms with van der Waals surface area (Å²) in [6.07, 6.45) is 3.20. The van der Waals surface area contributed by atoms with E-state index >= 15 is 0 Å². The van der Waals surface area contributed by atoms with Gasteiger partial charge in [-0.3, -0.25) is 9.59 Å². The van der Waals surface area contributed by atoms with Crippen molar-refractivity contribution in [2.75, 3.05) is 26.7 Å². The number of likely N-dealkylation sites (tertiary alicyclic amines) is 1. The number of aromatic amines is 1. The maximum atomic E-state index is 13.7. The van der Waals surface area contributed by atoms with Gasteiger partial charge in [-0.1, -0.05) is 26.8 Å². The first-order chi connectivity index (χ1) is 17.6. The molecule has 2 aliphatic rings. The number of carbonyl (C=O) groups is 3. The van der Waals surface area contributed by atoms with Gasteiger partial charge in [0.15, 0.2) is 0 Å². The normalized spacial score (nSPS) is 24.9. The van der Waals surface area contributed by atoms with Crippen LogP contribution in [-0.4, -0.2) is 66.8 Å². The summed E-state index contributed by atoms with van der Waals surface area (Å²) in [5.74, 6) is 0.148. The molecule has 2 aromatic rings. The molecule has 4 atom stereocenters. The molecule has 1 aromatic carbocycles. The van der Waals surface area contributed by atoms with E-state index in [9.17, 15) is 19.6 Å². The number of nitrogens with one attached hydrogen (secondary N) is 3. The molecule has 0 saturated carbocycles. The van der Waals surface area contributed by atoms with E-state index in [1.807, 2.05) is 18.2 Å². The van der Waals surface area contributed by atoms with E-state index in [2.05, 4.69) is 42.5 Å². The van der Waals surface area contributed by atoms with E-state index in [0.717, 1.165) is 30.2 Å². The average molecular weight is 508 g/mol. The number of piperidine rings is 1. The van der Waals surface area contributed by atoms with Crippen molar-refractivity contribution in [1.82, 2.24) is 20.5 Å². The molecule has 0 aliphatic carbocycles. The molecule has 3 N–H and O–H groups in total. The third kappa shape index (κ3) is 5.49. The third-order valence-electron chi connectivity index (χ3n) is 8.00. The zero-order chi connectivity index (χ0) is 26.8. The monoisotopic (exact) mass is 507 g/mol. The molecule has 4 rings (SSSR count). The predicted octanol–water partition coefficient (Wildman–Crippen LogP) is 3.02. The number of hydrogen-bond donors (Lipinski definition) is 3. The number of hydrogen-bond acceptors (Lipinski definition) is 6. The molecule has 37 heavy (non-hydrogen) atoms. The molecule has 2 aliphatic heterocycles. The van der Waals surface area contributed by atoms with Gasteiger partial charge in [0.1, 0.15) is 29.8 Å². The lowest BCUT2D eigenvalue weighted by atomic mass is 9.77. The molecule has 9 nitrogen and oxygen atoms in total. The summed E-state index contributed by atoms with van der Waals surface area (Å²) in [6, 6.07) is 7.96. The highest BCUT2D eigenvalue weighted by molar-refractivity contribution is 6.01. The Kier molecular flexibility index (Phi) is 7.60. The number of amides is 2. The Bertz CT molecular complexity index is 1200. The molecular weight excluding hydrogens is 470 g/mol. The van der Waals surface area contributed by atoms with Crippen molar-refractivity contribution in [3.8, 4) is 11.8 Å². The lowest BCUT2D eigenvalue weighted by Crippen LogP contribution is -2.51. The molecule has 198 valence electrons. The van der Waals surface area contributed by atoms with Gasteiger partial charge in [0.05, 0.1) is 13.2 Å². The number of benzene rings is 1. The van der Waals surface area contributed by atoms with Gasteiger partial charge in [0, 0.05) is 29.4 Å². The first-order valence-electron chi connectivity index (χ1n) is 12.9. The van der Waals surface area contributed by atoms with Crippen LogP contribution in [0.3, 0.4) is 0 Å². The number of nitriles is 1. The second-order valence-electron chi connectivity index (χ2n) is 11.5. The van der Waals surface area contributed by atoms with Crippen LogP contribution in [0.5, 0.6) is 5.75 Å². The number of H-pyrrole nitrogens is 1. The molecule has 0 spiro atoms. The summed E-state index contributed by atoms with van der Waals surface area (Å²) < 4.78 is 5.43. The molecule has 0 radical (unpaired) electrons. The van der Waals surface area contributed by atoms with E-state index in [-0.39, 0.29) is 29.6 Å². The van der Waals surface area contributed by atoms with Gasteiger partial charge < -0.3 is 30.0 Å². The van der Waals surface area contributed by atoms with Crippen LogP contribution in [0.4, 0.5) is 0 Å². The number of aldehydes is 1. The molecular formula is C28H37N5O4. The number of fused-ring (bicyclic) bond motifs is 1. The van der Waals surface area contributed by atoms with Crippen LogP contribution in [0, 0.1) is 28.1 Å². The van der Waals surface area contributed by atoms with Gasteiger partial charge in [-0.15, -0.1) is 0 Å². The van der Waals surface area contributed by atoms with Gasteiger partial charge >= 0.3 is 0 Å². The summed E-state index contributed by atoms with van der Waals surface area (Å²) in [5.41, 5.74) is 0.382. The van der Waals surface area contributed by atoms with Gasteiger partial charge in [-0.25, -0.2) is 0 Å². The highest BCUT2D eigenvalue weighted by Crippen LogP contribution is 2.38. The first kappa shape index (κ1) is 26.7. The molecule has 2 fully saturated rings. The van der Waals surface area contributed by atoms with Crippen molar-refractivity contribution in [2.24, 2.45) is 16.7 Å². The highest BCUT2D eigenvalue weighted by atomic mass is 16.5. The molecule has 2 saturated heterocycles. The van der Waals surface area contributed by atoms with E-state index < -0.39 is 17.5 Å². The summed E-state index contributed by atoms with van der Waals surface area (Å²) in [7, 11) is 1.59. The van der Waals surface area contributed by atoms with Crippen LogP contribution >= 0.6 is 0 Å². The second-order valence-corrected chi connectivity index (χ2v) is 11.5. The summed E-state index contributed by atoms with van der Waals surface area (Å²) in [4.78, 5) is 44.0. The molecule has 9 heteroatoms. The number of carbonyl (C=O) groups excluding carboxylic acids is 3. The minimum Gasteiger partial charge on any atom is -0.496 e. The Morgan fingerprint density at radius 3 is 2.78 bits per heavy atom. The molecule has 1 aromatic heterocycles. The Labute approximate surface area is 217 Å². The van der Waals surface area contributed by atoms with E-state index in [4.69, 9.17) is 4.74 Å². The number of aromatic nitrogens is 1. The maximum absolute atomic E-state index is 13.7. The zero-order valence-electron chi connectivity index (χ0n) is 22.1. The lowest BCUT2D eigenvalue weighted by molar-refractivity contribution is -0.126. The van der Waals surface area contributed by atoms with Crippen LogP contribution < -0.4 is 15.4 Å². The Balaban J connectivity index is 1.57. The van der Waals surface area contributed by atoms with Crippen LogP contribution in [0.2, 0.25) is 0 Å². The number of rotatable bonds is 7. The highest BCUT2D eigenvalue weighted by Gasteiger charge is 2.45. The number of ether oxygens (including phenoxy) is 1.